The highest BCUT2D eigenvalue weighted by Gasteiger charge is 2.24. The van der Waals surface area contributed by atoms with Crippen LogP contribution >= 0.6 is 0 Å². The Kier molecular flexibility index (Phi) is 4.54. The van der Waals surface area contributed by atoms with Crippen LogP contribution in [0.25, 0.3) is 0 Å². The normalized spacial score (nSPS) is 20.0. The number of nitrogens with zero attached hydrogens (tertiary/aromatic N) is 2. The van der Waals surface area contributed by atoms with E-state index in [1.807, 2.05) is 11.9 Å². The van der Waals surface area contributed by atoms with Crippen LogP contribution in [-0.4, -0.2) is 74.0 Å². The first-order valence-electron chi connectivity index (χ1n) is 6.61. The molecule has 18 heavy (non-hydrogen) atoms. The van der Waals surface area contributed by atoms with Gasteiger partial charge in [-0.05, 0) is 19.9 Å². The zero-order valence-electron chi connectivity index (χ0n) is 10.9. The van der Waals surface area contributed by atoms with Crippen molar-refractivity contribution in [2.75, 3.05) is 46.3 Å². The minimum atomic E-state index is 0.0214. The smallest absolute Gasteiger partial charge is 0.236 e. The Morgan fingerprint density at radius 2 is 1.94 bits per heavy atom. The van der Waals surface area contributed by atoms with Crippen LogP contribution < -0.4 is 10.6 Å². The summed E-state index contributed by atoms with van der Waals surface area (Å²) in [4.78, 5) is 27.2. The first-order chi connectivity index (χ1) is 8.65. The fourth-order valence-electron chi connectivity index (χ4n) is 2.05. The molecular weight excluding hydrogens is 232 g/mol. The van der Waals surface area contributed by atoms with Crippen LogP contribution in [0, 0.1) is 0 Å². The van der Waals surface area contributed by atoms with Gasteiger partial charge >= 0.3 is 0 Å². The highest BCUT2D eigenvalue weighted by Crippen LogP contribution is 2.18. The molecule has 2 N–H and O–H groups in total. The summed E-state index contributed by atoms with van der Waals surface area (Å²) in [5, 5.41) is 6.13. The zero-order valence-corrected chi connectivity index (χ0v) is 10.9. The molecule has 1 aliphatic carbocycles. The third-order valence-electron chi connectivity index (χ3n) is 3.23. The average Bonchev–Trinajstić information content (AvgIpc) is 3.13. The van der Waals surface area contributed by atoms with E-state index in [2.05, 4.69) is 10.6 Å². The Morgan fingerprint density at radius 1 is 1.28 bits per heavy atom. The number of carbonyl (C=O) groups is 2. The molecule has 1 saturated heterocycles. The van der Waals surface area contributed by atoms with E-state index < -0.39 is 0 Å². The second kappa shape index (κ2) is 6.15. The number of likely N-dealkylation sites (N-methyl/N-ethyl adjacent to an activating group) is 1. The van der Waals surface area contributed by atoms with E-state index in [4.69, 9.17) is 0 Å². The molecular formula is C12H22N4O2. The van der Waals surface area contributed by atoms with Crippen LogP contribution in [-0.2, 0) is 9.59 Å². The van der Waals surface area contributed by atoms with Gasteiger partial charge in [-0.15, -0.1) is 0 Å². The highest BCUT2D eigenvalue weighted by molar-refractivity contribution is 5.81. The van der Waals surface area contributed by atoms with Crippen LogP contribution in [0.5, 0.6) is 0 Å². The van der Waals surface area contributed by atoms with Gasteiger partial charge in [0.25, 0.3) is 0 Å². The van der Waals surface area contributed by atoms with Crippen molar-refractivity contribution in [2.45, 2.75) is 18.9 Å². The molecule has 1 aliphatic heterocycles. The monoisotopic (exact) mass is 254 g/mol. The van der Waals surface area contributed by atoms with E-state index >= 15 is 0 Å². The van der Waals surface area contributed by atoms with Gasteiger partial charge in [0, 0.05) is 32.2 Å². The number of amides is 2. The van der Waals surface area contributed by atoms with Crippen molar-refractivity contribution >= 4 is 11.8 Å². The lowest BCUT2D eigenvalue weighted by atomic mass is 10.3. The number of carbonyl (C=O) groups excluding carboxylic acids is 2. The van der Waals surface area contributed by atoms with Crippen molar-refractivity contribution in [2.24, 2.45) is 0 Å². The first kappa shape index (κ1) is 13.3. The maximum atomic E-state index is 11.9. The number of nitrogens with one attached hydrogen (secondary N) is 2. The topological polar surface area (TPSA) is 64.7 Å². The van der Waals surface area contributed by atoms with E-state index in [1.54, 1.807) is 4.90 Å². The lowest BCUT2D eigenvalue weighted by Gasteiger charge is -2.29. The van der Waals surface area contributed by atoms with Crippen molar-refractivity contribution in [1.82, 2.24) is 20.4 Å². The third-order valence-corrected chi connectivity index (χ3v) is 3.23. The molecule has 1 heterocycles. The van der Waals surface area contributed by atoms with Gasteiger partial charge < -0.3 is 15.5 Å². The van der Waals surface area contributed by atoms with Crippen molar-refractivity contribution in [3.63, 3.8) is 0 Å². The van der Waals surface area contributed by atoms with E-state index in [0.29, 0.717) is 19.1 Å². The summed E-state index contributed by atoms with van der Waals surface area (Å²) in [5.74, 6) is 0.131. The molecule has 6 nitrogen and oxygen atoms in total. The van der Waals surface area contributed by atoms with E-state index in [9.17, 15) is 9.59 Å². The number of hydrogen-bond donors (Lipinski definition) is 2. The van der Waals surface area contributed by atoms with E-state index in [1.165, 1.54) is 0 Å². The van der Waals surface area contributed by atoms with Gasteiger partial charge in [-0.3, -0.25) is 14.5 Å². The predicted octanol–water partition coefficient (Wildman–Crippen LogP) is -1.37. The van der Waals surface area contributed by atoms with Gasteiger partial charge in [0.2, 0.25) is 11.8 Å². The summed E-state index contributed by atoms with van der Waals surface area (Å²) < 4.78 is 0. The lowest BCUT2D eigenvalue weighted by molar-refractivity contribution is -0.133. The summed E-state index contributed by atoms with van der Waals surface area (Å²) in [6, 6.07) is 0.384. The second-order valence-corrected chi connectivity index (χ2v) is 5.14. The maximum Gasteiger partial charge on any atom is 0.236 e. The Hall–Kier alpha value is -1.14. The maximum absolute atomic E-state index is 11.9. The Balaban J connectivity index is 1.66. The molecule has 6 heteroatoms. The van der Waals surface area contributed by atoms with Crippen LogP contribution in [0.2, 0.25) is 0 Å². The minimum absolute atomic E-state index is 0.0214. The molecule has 2 aliphatic rings. The molecule has 102 valence electrons. The van der Waals surface area contributed by atoms with Gasteiger partial charge in [0.05, 0.1) is 13.1 Å². The fourth-order valence-corrected chi connectivity index (χ4v) is 2.05. The molecule has 0 aromatic rings. The first-order valence-corrected chi connectivity index (χ1v) is 6.61. The average molecular weight is 254 g/mol. The molecule has 2 rings (SSSR count). The van der Waals surface area contributed by atoms with Crippen LogP contribution in [0.15, 0.2) is 0 Å². The van der Waals surface area contributed by atoms with Crippen LogP contribution in [0.1, 0.15) is 12.8 Å². The predicted molar refractivity (Wildman–Crippen MR) is 68.1 cm³/mol. The van der Waals surface area contributed by atoms with Crippen molar-refractivity contribution < 1.29 is 9.59 Å². The largest absolute Gasteiger partial charge is 0.352 e. The zero-order chi connectivity index (χ0) is 13.0. The van der Waals surface area contributed by atoms with E-state index in [-0.39, 0.29) is 11.8 Å². The number of rotatable bonds is 5. The van der Waals surface area contributed by atoms with Gasteiger partial charge in [0.1, 0.15) is 0 Å². The van der Waals surface area contributed by atoms with Gasteiger partial charge in [0.15, 0.2) is 0 Å². The molecule has 2 fully saturated rings. The highest BCUT2D eigenvalue weighted by atomic mass is 16.2. The Bertz CT molecular complexity index is 311. The summed E-state index contributed by atoms with van der Waals surface area (Å²) in [7, 11) is 1.81. The fraction of sp³-hybridized carbons (Fsp3) is 0.833. The van der Waals surface area contributed by atoms with Crippen molar-refractivity contribution in [1.29, 1.82) is 0 Å². The molecule has 0 aromatic heterocycles. The minimum Gasteiger partial charge on any atom is -0.352 e. The number of hydrogen-bond acceptors (Lipinski definition) is 4. The van der Waals surface area contributed by atoms with Gasteiger partial charge in [-0.1, -0.05) is 0 Å². The Labute approximate surface area is 108 Å². The summed E-state index contributed by atoms with van der Waals surface area (Å²) in [5.41, 5.74) is 0. The number of piperazine rings is 1. The van der Waals surface area contributed by atoms with Crippen molar-refractivity contribution in [3.8, 4) is 0 Å². The molecule has 0 unspecified atom stereocenters. The van der Waals surface area contributed by atoms with Crippen LogP contribution in [0.3, 0.4) is 0 Å². The quantitative estimate of drug-likeness (QED) is 0.635. The van der Waals surface area contributed by atoms with Gasteiger partial charge in [-0.2, -0.15) is 0 Å². The molecule has 0 radical (unpaired) electrons. The van der Waals surface area contributed by atoms with Crippen molar-refractivity contribution in [3.05, 3.63) is 0 Å². The second-order valence-electron chi connectivity index (χ2n) is 5.14. The molecule has 0 atom stereocenters. The molecule has 0 aromatic carbocycles. The lowest BCUT2D eigenvalue weighted by Crippen LogP contribution is -2.50. The molecule has 0 bridgehead atoms. The third kappa shape index (κ3) is 4.27. The molecule has 0 spiro atoms. The Morgan fingerprint density at radius 3 is 2.56 bits per heavy atom. The van der Waals surface area contributed by atoms with Gasteiger partial charge in [-0.25, -0.2) is 0 Å². The summed E-state index contributed by atoms with van der Waals surface area (Å²) in [6.07, 6.45) is 2.18. The van der Waals surface area contributed by atoms with E-state index in [0.717, 1.165) is 39.0 Å². The SMILES string of the molecule is CN(CC(=O)NC1CC1)CC(=O)N1CCNCC1. The summed E-state index contributed by atoms with van der Waals surface area (Å²) in [6.45, 7) is 3.86. The molecule has 2 amide bonds. The summed E-state index contributed by atoms with van der Waals surface area (Å²) >= 11 is 0. The standard InChI is InChI=1S/C12H22N4O2/c1-15(8-11(17)14-10-2-3-10)9-12(18)16-6-4-13-5-7-16/h10,13H,2-9H2,1H3,(H,14,17). The molecule has 1 saturated carbocycles. The van der Waals surface area contributed by atoms with Crippen LogP contribution in [0.4, 0.5) is 0 Å².